The predicted octanol–water partition coefficient (Wildman–Crippen LogP) is 4.61. The maximum Gasteiger partial charge on any atom is 0.407 e. The Kier molecular flexibility index (Phi) is 17.3. The van der Waals surface area contributed by atoms with Crippen molar-refractivity contribution in [2.45, 2.75) is 111 Å². The quantitative estimate of drug-likeness (QED) is 0.151. The Morgan fingerprint density at radius 3 is 2.13 bits per heavy atom. The molecule has 0 saturated heterocycles. The van der Waals surface area contributed by atoms with Gasteiger partial charge in [-0.15, -0.1) is 0 Å². The Balaban J connectivity index is 3.28. The second-order valence-corrected chi connectivity index (χ2v) is 13.4. The van der Waals surface area contributed by atoms with Gasteiger partial charge in [0.2, 0.25) is 11.8 Å². The van der Waals surface area contributed by atoms with E-state index >= 15 is 0 Å². The van der Waals surface area contributed by atoms with Crippen LogP contribution in [0.2, 0.25) is 0 Å². The minimum Gasteiger partial charge on any atom is -0.493 e. The number of ether oxygens (including phenoxy) is 4. The molecule has 11 nitrogen and oxygen atoms in total. The number of nitrogens with one attached hydrogen (secondary N) is 2. The van der Waals surface area contributed by atoms with Gasteiger partial charge in [0.05, 0.1) is 25.9 Å². The third-order valence-corrected chi connectivity index (χ3v) is 7.85. The van der Waals surface area contributed by atoms with Gasteiger partial charge in [0.25, 0.3) is 0 Å². The van der Waals surface area contributed by atoms with Crippen molar-refractivity contribution in [3.05, 3.63) is 23.8 Å². The van der Waals surface area contributed by atoms with E-state index < -0.39 is 41.7 Å². The molecule has 0 bridgehead atoms. The topological polar surface area (TPSA) is 158 Å². The average Bonchev–Trinajstić information content (AvgIpc) is 2.94. The summed E-state index contributed by atoms with van der Waals surface area (Å²) in [7, 11) is 3.25. The molecule has 3 amide bonds. The van der Waals surface area contributed by atoms with Gasteiger partial charge < -0.3 is 40.4 Å². The summed E-state index contributed by atoms with van der Waals surface area (Å²) < 4.78 is 22.1. The second-order valence-electron chi connectivity index (χ2n) is 13.4. The largest absolute Gasteiger partial charge is 0.493 e. The fourth-order valence-corrected chi connectivity index (χ4v) is 5.10. The van der Waals surface area contributed by atoms with E-state index in [9.17, 15) is 19.5 Å². The molecule has 45 heavy (non-hydrogen) atoms. The number of methoxy groups -OCH3 is 2. The number of hydrogen-bond donors (Lipinski definition) is 4. The summed E-state index contributed by atoms with van der Waals surface area (Å²) in [6, 6.07) is 4.34. The Labute approximate surface area is 270 Å². The van der Waals surface area contributed by atoms with Crippen LogP contribution in [0.4, 0.5) is 4.79 Å². The molecular formula is C34H59N3O8. The molecule has 0 heterocycles. The van der Waals surface area contributed by atoms with Crippen molar-refractivity contribution < 1.29 is 38.4 Å². The highest BCUT2D eigenvalue weighted by Crippen LogP contribution is 2.32. The van der Waals surface area contributed by atoms with Crippen molar-refractivity contribution in [3.8, 4) is 11.5 Å². The first-order valence-electron chi connectivity index (χ1n) is 16.1. The van der Waals surface area contributed by atoms with Crippen LogP contribution in [0.15, 0.2) is 18.2 Å². The summed E-state index contributed by atoms with van der Waals surface area (Å²) in [5.74, 6) is -0.218. The lowest BCUT2D eigenvalue weighted by molar-refractivity contribution is -0.132. The highest BCUT2D eigenvalue weighted by atomic mass is 16.6. The van der Waals surface area contributed by atoms with E-state index in [1.54, 1.807) is 41.9 Å². The number of alkyl carbamates (subject to hydrolysis) is 1. The molecule has 258 valence electrons. The van der Waals surface area contributed by atoms with Crippen molar-refractivity contribution in [1.29, 1.82) is 0 Å². The van der Waals surface area contributed by atoms with Crippen LogP contribution in [0.3, 0.4) is 0 Å². The van der Waals surface area contributed by atoms with Gasteiger partial charge in [-0.1, -0.05) is 40.7 Å². The second kappa shape index (κ2) is 19.5. The zero-order chi connectivity index (χ0) is 34.3. The van der Waals surface area contributed by atoms with Crippen LogP contribution in [-0.4, -0.2) is 74.2 Å². The number of aliphatic hydroxyl groups excluding tert-OH is 1. The summed E-state index contributed by atoms with van der Waals surface area (Å²) in [4.78, 5) is 37.9. The minimum absolute atomic E-state index is 0.0417. The lowest BCUT2D eigenvalue weighted by atomic mass is 9.80. The molecule has 1 aromatic rings. The number of aliphatic hydroxyl groups is 1. The summed E-state index contributed by atoms with van der Waals surface area (Å²) >= 11 is 0. The number of rotatable bonds is 20. The number of nitrogens with two attached hydrogens (primary N) is 1. The van der Waals surface area contributed by atoms with Crippen LogP contribution in [0, 0.1) is 23.7 Å². The Hall–Kier alpha value is -3.05. The number of primary amides is 1. The lowest BCUT2D eigenvalue weighted by Crippen LogP contribution is -2.50. The molecule has 0 aliphatic heterocycles. The van der Waals surface area contributed by atoms with Crippen molar-refractivity contribution >= 4 is 17.9 Å². The number of hydrogen-bond acceptors (Lipinski definition) is 8. The fourth-order valence-electron chi connectivity index (χ4n) is 5.10. The molecule has 1 aromatic carbocycles. The zero-order valence-electron chi connectivity index (χ0n) is 29.1. The fraction of sp³-hybridized carbons (Fsp3) is 0.735. The Morgan fingerprint density at radius 1 is 0.956 bits per heavy atom. The zero-order valence-corrected chi connectivity index (χ0v) is 29.1. The highest BCUT2D eigenvalue weighted by Gasteiger charge is 2.34. The van der Waals surface area contributed by atoms with Gasteiger partial charge in [-0.05, 0) is 81.9 Å². The van der Waals surface area contributed by atoms with E-state index in [0.717, 1.165) is 12.0 Å². The van der Waals surface area contributed by atoms with Gasteiger partial charge in [0.1, 0.15) is 11.6 Å². The molecule has 0 unspecified atom stereocenters. The van der Waals surface area contributed by atoms with Gasteiger partial charge >= 0.3 is 6.09 Å². The molecule has 0 saturated carbocycles. The van der Waals surface area contributed by atoms with E-state index in [4.69, 9.17) is 24.7 Å². The van der Waals surface area contributed by atoms with E-state index in [1.807, 2.05) is 32.0 Å². The first kappa shape index (κ1) is 40.0. The molecular weight excluding hydrogens is 578 g/mol. The van der Waals surface area contributed by atoms with Crippen LogP contribution in [0.25, 0.3) is 0 Å². The summed E-state index contributed by atoms with van der Waals surface area (Å²) in [6.45, 7) is 16.1. The molecule has 0 aromatic heterocycles. The first-order chi connectivity index (χ1) is 21.0. The smallest absolute Gasteiger partial charge is 0.407 e. The van der Waals surface area contributed by atoms with Gasteiger partial charge in [-0.3, -0.25) is 9.59 Å². The third-order valence-electron chi connectivity index (χ3n) is 7.85. The summed E-state index contributed by atoms with van der Waals surface area (Å²) in [5.41, 5.74) is 5.74. The average molecular weight is 638 g/mol. The van der Waals surface area contributed by atoms with E-state index in [-0.39, 0.29) is 30.1 Å². The number of benzene rings is 1. The normalized spacial score (nSPS) is 15.1. The molecule has 5 atom stereocenters. The molecule has 5 N–H and O–H groups in total. The summed E-state index contributed by atoms with van der Waals surface area (Å²) in [6.07, 6.45) is 0.548. The van der Waals surface area contributed by atoms with Crippen LogP contribution in [0.5, 0.6) is 11.5 Å². The van der Waals surface area contributed by atoms with Crippen molar-refractivity contribution in [2.24, 2.45) is 29.4 Å². The number of carbonyl (C=O) groups is 3. The molecule has 0 radical (unpaired) electrons. The molecule has 11 heteroatoms. The highest BCUT2D eigenvalue weighted by molar-refractivity contribution is 5.87. The molecule has 0 fully saturated rings. The maximum absolute atomic E-state index is 13.2. The van der Waals surface area contributed by atoms with Crippen molar-refractivity contribution in [3.63, 3.8) is 0 Å². The maximum atomic E-state index is 13.2. The number of carbonyl (C=O) groups excluding carboxylic acids is 3. The monoisotopic (exact) mass is 637 g/mol. The van der Waals surface area contributed by atoms with Crippen LogP contribution < -0.4 is 25.8 Å². The van der Waals surface area contributed by atoms with Crippen LogP contribution >= 0.6 is 0 Å². The Morgan fingerprint density at radius 2 is 1.62 bits per heavy atom. The molecule has 1 rings (SSSR count). The van der Waals surface area contributed by atoms with Crippen LogP contribution in [0.1, 0.15) is 86.6 Å². The van der Waals surface area contributed by atoms with Crippen LogP contribution in [-0.2, 0) is 25.5 Å². The van der Waals surface area contributed by atoms with E-state index in [0.29, 0.717) is 44.0 Å². The van der Waals surface area contributed by atoms with Gasteiger partial charge in [0.15, 0.2) is 11.5 Å². The first-order valence-corrected chi connectivity index (χ1v) is 16.1. The van der Waals surface area contributed by atoms with E-state index in [1.165, 1.54) is 0 Å². The minimum atomic E-state index is -1.07. The van der Waals surface area contributed by atoms with Crippen molar-refractivity contribution in [2.75, 3.05) is 27.4 Å². The lowest BCUT2D eigenvalue weighted by Gasteiger charge is -2.33. The molecule has 0 aliphatic carbocycles. The summed E-state index contributed by atoms with van der Waals surface area (Å²) in [5, 5.41) is 17.2. The van der Waals surface area contributed by atoms with E-state index in [2.05, 4.69) is 24.5 Å². The standard InChI is InChI=1S/C34H59N3O8/c1-11-26(31(35)39)36-32(40)25(22(4)5)20-28(38)27(37-33(41)45-34(6,7)8)19-24(21(2)3)17-23-13-14-29(43-10)30(18-23)44-16-12-15-42-9/h13-14,18,21-22,24-28,38H,11-12,15-17,19-20H2,1-10H3,(H2,35,39)(H,36,40)(H,37,41)/t24-,25-,26-,27-,28-/m0/s1. The van der Waals surface area contributed by atoms with Gasteiger partial charge in [-0.2, -0.15) is 0 Å². The van der Waals surface area contributed by atoms with Crippen molar-refractivity contribution in [1.82, 2.24) is 10.6 Å². The molecule has 0 aliphatic rings. The third kappa shape index (κ3) is 14.7. The Bertz CT molecular complexity index is 1060. The van der Waals surface area contributed by atoms with Gasteiger partial charge in [0, 0.05) is 26.1 Å². The SMILES string of the molecule is CC[C@H](NC(=O)[C@@H](C[C@H](O)[C@H](C[C@H](Cc1ccc(OC)c(OCCCOC)c1)C(C)C)NC(=O)OC(C)(C)C)C(C)C)C(N)=O. The predicted molar refractivity (Wildman–Crippen MR) is 175 cm³/mol. The molecule has 0 spiro atoms. The number of amides is 3. The van der Waals surface area contributed by atoms with Gasteiger partial charge in [-0.25, -0.2) is 4.79 Å².